The summed E-state index contributed by atoms with van der Waals surface area (Å²) in [5, 5.41) is 14.9. The minimum absolute atomic E-state index is 0.262. The first kappa shape index (κ1) is 23.9. The van der Waals surface area contributed by atoms with Crippen LogP contribution in [0.1, 0.15) is 11.6 Å². The smallest absolute Gasteiger partial charge is 0.322 e. The number of hydrogen-bond donors (Lipinski definition) is 2. The molecule has 0 saturated carbocycles. The van der Waals surface area contributed by atoms with Crippen molar-refractivity contribution in [3.63, 3.8) is 0 Å². The van der Waals surface area contributed by atoms with E-state index in [1.165, 1.54) is 12.1 Å². The quantitative estimate of drug-likeness (QED) is 0.241. The van der Waals surface area contributed by atoms with Crippen LogP contribution in [0.4, 0.5) is 20.6 Å². The molecule has 1 atom stereocenters. The van der Waals surface area contributed by atoms with Crippen LogP contribution in [0.25, 0.3) is 0 Å². The fourth-order valence-corrected chi connectivity index (χ4v) is 4.39. The number of fused-ring (bicyclic) bond motifs is 1. The number of benzene rings is 3. The number of ether oxygens (including phenoxy) is 2. The first-order chi connectivity index (χ1) is 18.1. The summed E-state index contributed by atoms with van der Waals surface area (Å²) in [5.74, 6) is 1.12. The molecule has 0 spiro atoms. The largest absolute Gasteiger partial charge is 0.486 e. The molecule has 0 aromatic heterocycles. The van der Waals surface area contributed by atoms with Crippen molar-refractivity contribution in [2.75, 3.05) is 38.2 Å². The summed E-state index contributed by atoms with van der Waals surface area (Å²) in [6.45, 7) is 2.11. The molecule has 5 rings (SSSR count). The van der Waals surface area contributed by atoms with Crippen LogP contribution >= 0.6 is 0 Å². The van der Waals surface area contributed by atoms with Gasteiger partial charge in [0.1, 0.15) is 19.0 Å². The number of nitrogens with one attached hydrogen (secondary N) is 2. The predicted octanol–water partition coefficient (Wildman–Crippen LogP) is 4.25. The van der Waals surface area contributed by atoms with Gasteiger partial charge in [0.2, 0.25) is 5.96 Å². The van der Waals surface area contributed by atoms with E-state index in [2.05, 4.69) is 15.6 Å². The third-order valence-corrected chi connectivity index (χ3v) is 6.13. The topological polar surface area (TPSA) is 102 Å². The highest BCUT2D eigenvalue weighted by Gasteiger charge is 2.33. The van der Waals surface area contributed by atoms with Crippen molar-refractivity contribution in [2.45, 2.75) is 6.04 Å². The number of anilines is 1. The van der Waals surface area contributed by atoms with Crippen LogP contribution in [0.2, 0.25) is 0 Å². The van der Waals surface area contributed by atoms with Gasteiger partial charge in [0.15, 0.2) is 17.7 Å². The zero-order valence-corrected chi connectivity index (χ0v) is 19.9. The number of nitriles is 1. The van der Waals surface area contributed by atoms with Crippen LogP contribution in [-0.2, 0) is 0 Å². The highest BCUT2D eigenvalue weighted by molar-refractivity contribution is 5.90. The Bertz CT molecular complexity index is 1340. The molecular formula is C27H25FN6O3. The monoisotopic (exact) mass is 500 g/mol. The minimum atomic E-state index is -0.416. The summed E-state index contributed by atoms with van der Waals surface area (Å²) in [5.41, 5.74) is 1.92. The molecule has 0 aliphatic carbocycles. The Kier molecular flexibility index (Phi) is 7.03. The molecule has 1 unspecified atom stereocenters. The van der Waals surface area contributed by atoms with Crippen molar-refractivity contribution in [2.24, 2.45) is 4.99 Å². The van der Waals surface area contributed by atoms with Crippen molar-refractivity contribution >= 4 is 23.4 Å². The van der Waals surface area contributed by atoms with Gasteiger partial charge >= 0.3 is 6.03 Å². The highest BCUT2D eigenvalue weighted by atomic mass is 19.1. The molecule has 37 heavy (non-hydrogen) atoms. The number of urea groups is 1. The fourth-order valence-electron chi connectivity index (χ4n) is 4.39. The number of guanidine groups is 1. The molecule has 188 valence electrons. The number of rotatable bonds is 3. The van der Waals surface area contributed by atoms with Gasteiger partial charge in [-0.25, -0.2) is 14.2 Å². The van der Waals surface area contributed by atoms with Gasteiger partial charge < -0.3 is 24.6 Å². The maximum Gasteiger partial charge on any atom is 0.322 e. The fraction of sp³-hybridized carbons (Fsp3) is 0.222. The molecule has 2 amide bonds. The van der Waals surface area contributed by atoms with E-state index in [-0.39, 0.29) is 12.1 Å². The molecule has 2 aliphatic rings. The third-order valence-electron chi connectivity index (χ3n) is 6.13. The molecule has 2 aliphatic heterocycles. The molecule has 1 fully saturated rings. The van der Waals surface area contributed by atoms with Crippen LogP contribution in [0.15, 0.2) is 77.8 Å². The summed E-state index contributed by atoms with van der Waals surface area (Å²) < 4.78 is 24.9. The number of amides is 2. The van der Waals surface area contributed by atoms with Gasteiger partial charge in [0, 0.05) is 31.4 Å². The normalized spacial score (nSPS) is 17.1. The van der Waals surface area contributed by atoms with Crippen molar-refractivity contribution in [3.05, 3.63) is 84.2 Å². The molecule has 9 nitrogen and oxygen atoms in total. The highest BCUT2D eigenvalue weighted by Crippen LogP contribution is 2.33. The minimum Gasteiger partial charge on any atom is -0.486 e. The molecule has 2 heterocycles. The first-order valence-electron chi connectivity index (χ1n) is 11.9. The van der Waals surface area contributed by atoms with Crippen molar-refractivity contribution in [1.29, 1.82) is 5.26 Å². The molecule has 10 heteroatoms. The van der Waals surface area contributed by atoms with E-state index in [0.717, 1.165) is 5.56 Å². The number of nitrogens with zero attached hydrogens (tertiary/aromatic N) is 4. The third kappa shape index (κ3) is 5.56. The number of aliphatic imine (C=N–C) groups is 1. The lowest BCUT2D eigenvalue weighted by molar-refractivity contribution is 0.135. The average molecular weight is 501 g/mol. The van der Waals surface area contributed by atoms with Crippen LogP contribution in [-0.4, -0.2) is 54.6 Å². The van der Waals surface area contributed by atoms with E-state index in [1.807, 2.05) is 41.4 Å². The Balaban J connectivity index is 1.39. The van der Waals surface area contributed by atoms with Crippen molar-refractivity contribution < 1.29 is 18.7 Å². The number of halogens is 1. The second kappa shape index (κ2) is 10.9. The summed E-state index contributed by atoms with van der Waals surface area (Å²) in [4.78, 5) is 21.5. The molecule has 0 bridgehead atoms. The summed E-state index contributed by atoms with van der Waals surface area (Å²) >= 11 is 0. The van der Waals surface area contributed by atoms with Crippen LogP contribution in [0.3, 0.4) is 0 Å². The average Bonchev–Trinajstić information content (AvgIpc) is 2.93. The van der Waals surface area contributed by atoms with Crippen molar-refractivity contribution in [3.8, 4) is 17.7 Å². The number of carbonyl (C=O) groups excluding carboxylic acids is 1. The lowest BCUT2D eigenvalue weighted by atomic mass is 10.0. The van der Waals surface area contributed by atoms with Gasteiger partial charge in [-0.2, -0.15) is 5.26 Å². The van der Waals surface area contributed by atoms with E-state index < -0.39 is 5.82 Å². The van der Waals surface area contributed by atoms with Crippen molar-refractivity contribution in [1.82, 2.24) is 15.1 Å². The molecule has 1 saturated heterocycles. The standard InChI is InChI=1S/C27H25FN6O3/c28-20-7-4-8-21(15-20)31-26(30-18-29)33-11-12-34(23(17-33)19-5-2-1-3-6-19)27(35)32-22-9-10-24-25(16-22)37-14-13-36-24/h1-10,15-16,23H,11-14,17H2,(H,30,31)(H,32,35). The number of hydrogen-bond acceptors (Lipinski definition) is 5. The van der Waals surface area contributed by atoms with E-state index in [4.69, 9.17) is 9.47 Å². The Labute approximate surface area is 213 Å². The molecular weight excluding hydrogens is 475 g/mol. The van der Waals surface area contributed by atoms with E-state index in [1.54, 1.807) is 35.2 Å². The lowest BCUT2D eigenvalue weighted by Gasteiger charge is -2.42. The lowest BCUT2D eigenvalue weighted by Crippen LogP contribution is -2.55. The SMILES string of the molecule is N#CNC(=Nc1cccc(F)c1)N1CCN(C(=O)Nc2ccc3c(c2)OCCO3)C(c2ccccc2)C1. The van der Waals surface area contributed by atoms with Crippen LogP contribution < -0.4 is 20.1 Å². The summed E-state index contributed by atoms with van der Waals surface area (Å²) in [6, 6.07) is 20.2. The molecule has 0 radical (unpaired) electrons. The maximum atomic E-state index is 13.7. The predicted molar refractivity (Wildman–Crippen MR) is 136 cm³/mol. The summed E-state index contributed by atoms with van der Waals surface area (Å²) in [7, 11) is 0. The Morgan fingerprint density at radius 2 is 1.81 bits per heavy atom. The molecule has 3 aromatic rings. The second-order valence-electron chi connectivity index (χ2n) is 8.51. The Hall–Kier alpha value is -4.78. The van der Waals surface area contributed by atoms with E-state index >= 15 is 0 Å². The summed E-state index contributed by atoms with van der Waals surface area (Å²) in [6.07, 6.45) is 1.91. The van der Waals surface area contributed by atoms with Gasteiger partial charge in [-0.1, -0.05) is 36.4 Å². The molecule has 3 aromatic carbocycles. The zero-order chi connectivity index (χ0) is 25.6. The molecule has 2 N–H and O–H groups in total. The van der Waals surface area contributed by atoms with Crippen LogP contribution in [0.5, 0.6) is 11.5 Å². The Morgan fingerprint density at radius 1 is 1.00 bits per heavy atom. The van der Waals surface area contributed by atoms with E-state index in [9.17, 15) is 14.4 Å². The Morgan fingerprint density at radius 3 is 2.59 bits per heavy atom. The van der Waals surface area contributed by atoms with Gasteiger partial charge in [-0.15, -0.1) is 0 Å². The maximum absolute atomic E-state index is 13.7. The number of piperazine rings is 1. The first-order valence-corrected chi connectivity index (χ1v) is 11.9. The van der Waals surface area contributed by atoms with Gasteiger partial charge in [0.05, 0.1) is 11.7 Å². The van der Waals surface area contributed by atoms with Gasteiger partial charge in [-0.05, 0) is 35.9 Å². The van der Waals surface area contributed by atoms with Gasteiger partial charge in [-0.3, -0.25) is 5.32 Å². The number of carbonyl (C=O) groups is 1. The van der Waals surface area contributed by atoms with Gasteiger partial charge in [0.25, 0.3) is 0 Å². The zero-order valence-electron chi connectivity index (χ0n) is 19.9. The van der Waals surface area contributed by atoms with Crippen LogP contribution in [0, 0.1) is 17.3 Å². The van der Waals surface area contributed by atoms with E-state index in [0.29, 0.717) is 61.7 Å². The second-order valence-corrected chi connectivity index (χ2v) is 8.51.